The zero-order chi connectivity index (χ0) is 15.1. The van der Waals surface area contributed by atoms with Gasteiger partial charge in [0.05, 0.1) is 18.7 Å². The first kappa shape index (κ1) is 15.5. The third kappa shape index (κ3) is 4.06. The van der Waals surface area contributed by atoms with Crippen LogP contribution in [0.25, 0.3) is 10.9 Å². The fraction of sp³-hybridized carbons (Fsp3) is 0.438. The Balaban J connectivity index is 2.16. The van der Waals surface area contributed by atoms with Crippen LogP contribution in [0.4, 0.5) is 0 Å². The molecule has 0 saturated heterocycles. The second-order valence-corrected chi connectivity index (χ2v) is 4.77. The molecule has 0 saturated carbocycles. The van der Waals surface area contributed by atoms with Crippen molar-refractivity contribution in [2.75, 3.05) is 26.9 Å². The average molecular weight is 290 g/mol. The molecule has 0 unspecified atom stereocenters. The van der Waals surface area contributed by atoms with Crippen LogP contribution in [-0.2, 0) is 27.4 Å². The molecular formula is C16H22N2O3. The predicted molar refractivity (Wildman–Crippen MR) is 82.2 cm³/mol. The van der Waals surface area contributed by atoms with Crippen molar-refractivity contribution in [3.05, 3.63) is 36.0 Å². The lowest BCUT2D eigenvalue weighted by Gasteiger charge is -2.10. The topological polar surface area (TPSA) is 52.5 Å². The molecule has 1 heterocycles. The van der Waals surface area contributed by atoms with Crippen molar-refractivity contribution < 1.29 is 14.3 Å². The monoisotopic (exact) mass is 290 g/mol. The minimum atomic E-state index is -0.211. The first-order chi connectivity index (χ1) is 10.3. The van der Waals surface area contributed by atoms with Crippen molar-refractivity contribution in [1.82, 2.24) is 9.88 Å². The molecule has 0 spiro atoms. The van der Waals surface area contributed by atoms with Crippen LogP contribution in [-0.4, -0.2) is 37.4 Å². The Hall–Kier alpha value is -1.85. The Bertz CT molecular complexity index is 592. The van der Waals surface area contributed by atoms with Gasteiger partial charge in [0.15, 0.2) is 0 Å². The van der Waals surface area contributed by atoms with E-state index in [-0.39, 0.29) is 12.5 Å². The summed E-state index contributed by atoms with van der Waals surface area (Å²) < 4.78 is 12.0. The summed E-state index contributed by atoms with van der Waals surface area (Å²) in [7, 11) is 1.69. The molecule has 2 rings (SSSR count). The number of rotatable bonds is 8. The summed E-state index contributed by atoms with van der Waals surface area (Å²) >= 11 is 0. The fourth-order valence-electron chi connectivity index (χ4n) is 2.36. The molecule has 114 valence electrons. The Labute approximate surface area is 124 Å². The maximum atomic E-state index is 11.7. The number of esters is 1. The molecule has 0 fully saturated rings. The number of methoxy groups -OCH3 is 1. The molecule has 5 nitrogen and oxygen atoms in total. The summed E-state index contributed by atoms with van der Waals surface area (Å²) in [5.74, 6) is -0.211. The highest BCUT2D eigenvalue weighted by Gasteiger charge is 2.10. The fourth-order valence-corrected chi connectivity index (χ4v) is 2.36. The standard InChI is InChI=1S/C16H22N2O3/c1-3-21-15(19)12-18-9-7-13-5-4-6-14(16(13)18)11-17-8-10-20-2/h4-7,9,17H,3,8,10-12H2,1-2H3. The first-order valence-corrected chi connectivity index (χ1v) is 7.18. The van der Waals surface area contributed by atoms with Gasteiger partial charge in [0.2, 0.25) is 0 Å². The van der Waals surface area contributed by atoms with Crippen molar-refractivity contribution >= 4 is 16.9 Å². The largest absolute Gasteiger partial charge is 0.465 e. The third-order valence-electron chi connectivity index (χ3n) is 3.28. The van der Waals surface area contributed by atoms with Crippen molar-refractivity contribution in [2.24, 2.45) is 0 Å². The van der Waals surface area contributed by atoms with Crippen LogP contribution in [0.1, 0.15) is 12.5 Å². The van der Waals surface area contributed by atoms with E-state index in [1.807, 2.05) is 29.8 Å². The number of hydrogen-bond acceptors (Lipinski definition) is 4. The number of para-hydroxylation sites is 1. The molecular weight excluding hydrogens is 268 g/mol. The molecule has 1 aromatic heterocycles. The van der Waals surface area contributed by atoms with E-state index in [0.29, 0.717) is 13.2 Å². The second-order valence-electron chi connectivity index (χ2n) is 4.77. The molecule has 0 amide bonds. The Morgan fingerprint density at radius 3 is 2.95 bits per heavy atom. The van der Waals surface area contributed by atoms with Gasteiger partial charge in [0.1, 0.15) is 6.54 Å². The summed E-state index contributed by atoms with van der Waals surface area (Å²) in [4.78, 5) is 11.7. The summed E-state index contributed by atoms with van der Waals surface area (Å²) in [6, 6.07) is 8.18. The lowest BCUT2D eigenvalue weighted by Crippen LogP contribution is -2.19. The SMILES string of the molecule is CCOC(=O)Cn1ccc2cccc(CNCCOC)c21. The number of carbonyl (C=O) groups is 1. The molecule has 21 heavy (non-hydrogen) atoms. The number of hydrogen-bond donors (Lipinski definition) is 1. The minimum Gasteiger partial charge on any atom is -0.465 e. The maximum Gasteiger partial charge on any atom is 0.325 e. The second kappa shape index (κ2) is 7.81. The number of aromatic nitrogens is 1. The van der Waals surface area contributed by atoms with Gasteiger partial charge in [-0.1, -0.05) is 18.2 Å². The quantitative estimate of drug-likeness (QED) is 0.596. The molecule has 0 aliphatic carbocycles. The normalized spacial score (nSPS) is 11.0. The van der Waals surface area contributed by atoms with E-state index < -0.39 is 0 Å². The Kier molecular flexibility index (Phi) is 5.78. The number of benzene rings is 1. The molecule has 1 aromatic carbocycles. The number of ether oxygens (including phenoxy) is 2. The number of carbonyl (C=O) groups excluding carboxylic acids is 1. The Morgan fingerprint density at radius 1 is 1.33 bits per heavy atom. The van der Waals surface area contributed by atoms with Crippen molar-refractivity contribution in [1.29, 1.82) is 0 Å². The lowest BCUT2D eigenvalue weighted by molar-refractivity contribution is -0.143. The highest BCUT2D eigenvalue weighted by Crippen LogP contribution is 2.20. The third-order valence-corrected chi connectivity index (χ3v) is 3.28. The van der Waals surface area contributed by atoms with Crippen LogP contribution in [0.15, 0.2) is 30.5 Å². The minimum absolute atomic E-state index is 0.211. The zero-order valence-corrected chi connectivity index (χ0v) is 12.6. The molecule has 0 bridgehead atoms. The van der Waals surface area contributed by atoms with Crippen LogP contribution in [0, 0.1) is 0 Å². The van der Waals surface area contributed by atoms with Gasteiger partial charge in [-0.2, -0.15) is 0 Å². The molecule has 0 aliphatic heterocycles. The molecule has 0 radical (unpaired) electrons. The predicted octanol–water partition coefficient (Wildman–Crippen LogP) is 1.94. The van der Waals surface area contributed by atoms with Crippen LogP contribution in [0.5, 0.6) is 0 Å². The van der Waals surface area contributed by atoms with E-state index in [0.717, 1.165) is 29.6 Å². The van der Waals surface area contributed by atoms with Gasteiger partial charge >= 0.3 is 5.97 Å². The smallest absolute Gasteiger partial charge is 0.325 e. The van der Waals surface area contributed by atoms with Crippen LogP contribution in [0.3, 0.4) is 0 Å². The van der Waals surface area contributed by atoms with Crippen molar-refractivity contribution in [3.63, 3.8) is 0 Å². The van der Waals surface area contributed by atoms with Gasteiger partial charge in [-0.05, 0) is 23.9 Å². The van der Waals surface area contributed by atoms with E-state index in [1.54, 1.807) is 7.11 Å². The number of fused-ring (bicyclic) bond motifs is 1. The van der Waals surface area contributed by atoms with Gasteiger partial charge in [-0.3, -0.25) is 4.79 Å². The van der Waals surface area contributed by atoms with Gasteiger partial charge < -0.3 is 19.4 Å². The number of nitrogens with one attached hydrogen (secondary N) is 1. The molecule has 0 aliphatic rings. The zero-order valence-electron chi connectivity index (χ0n) is 12.6. The van der Waals surface area contributed by atoms with Crippen molar-refractivity contribution in [2.45, 2.75) is 20.0 Å². The molecule has 5 heteroatoms. The summed E-state index contributed by atoms with van der Waals surface area (Å²) in [6.07, 6.45) is 1.93. The van der Waals surface area contributed by atoms with E-state index in [1.165, 1.54) is 0 Å². The van der Waals surface area contributed by atoms with E-state index >= 15 is 0 Å². The Morgan fingerprint density at radius 2 is 2.19 bits per heavy atom. The number of nitrogens with zero attached hydrogens (tertiary/aromatic N) is 1. The summed E-state index contributed by atoms with van der Waals surface area (Å²) in [5.41, 5.74) is 2.24. The highest BCUT2D eigenvalue weighted by molar-refractivity contribution is 5.85. The molecule has 2 aromatic rings. The summed E-state index contributed by atoms with van der Waals surface area (Å²) in [6.45, 7) is 4.69. The maximum absolute atomic E-state index is 11.7. The lowest BCUT2D eigenvalue weighted by atomic mass is 10.1. The van der Waals surface area contributed by atoms with E-state index in [2.05, 4.69) is 17.4 Å². The first-order valence-electron chi connectivity index (χ1n) is 7.18. The molecule has 0 atom stereocenters. The van der Waals surface area contributed by atoms with E-state index in [4.69, 9.17) is 9.47 Å². The van der Waals surface area contributed by atoms with Gasteiger partial charge in [-0.15, -0.1) is 0 Å². The van der Waals surface area contributed by atoms with E-state index in [9.17, 15) is 4.79 Å². The van der Waals surface area contributed by atoms with Gasteiger partial charge in [0, 0.05) is 26.4 Å². The van der Waals surface area contributed by atoms with Gasteiger partial charge in [-0.25, -0.2) is 0 Å². The van der Waals surface area contributed by atoms with Crippen LogP contribution < -0.4 is 5.32 Å². The van der Waals surface area contributed by atoms with Crippen molar-refractivity contribution in [3.8, 4) is 0 Å². The highest BCUT2D eigenvalue weighted by atomic mass is 16.5. The molecule has 1 N–H and O–H groups in total. The van der Waals surface area contributed by atoms with Crippen LogP contribution in [0.2, 0.25) is 0 Å². The summed E-state index contributed by atoms with van der Waals surface area (Å²) in [5, 5.41) is 4.47. The van der Waals surface area contributed by atoms with Crippen LogP contribution >= 0.6 is 0 Å². The van der Waals surface area contributed by atoms with Gasteiger partial charge in [0.25, 0.3) is 0 Å². The average Bonchev–Trinajstić information content (AvgIpc) is 2.88.